The Balaban J connectivity index is 1.76. The molecule has 3 nitrogen and oxygen atoms in total. The van der Waals surface area contributed by atoms with Crippen LogP contribution in [0.2, 0.25) is 0 Å². The SMILES string of the molecule is CC1CCC(CNCc2nccn2C(F)F)C1. The van der Waals surface area contributed by atoms with Gasteiger partial charge >= 0.3 is 6.55 Å². The van der Waals surface area contributed by atoms with Gasteiger partial charge < -0.3 is 5.32 Å². The fraction of sp³-hybridized carbons (Fsp3) is 0.750. The summed E-state index contributed by atoms with van der Waals surface area (Å²) in [5, 5.41) is 3.23. The third-order valence-corrected chi connectivity index (χ3v) is 3.48. The second-order valence-corrected chi connectivity index (χ2v) is 4.94. The molecule has 17 heavy (non-hydrogen) atoms. The number of nitrogens with one attached hydrogen (secondary N) is 1. The molecule has 0 saturated heterocycles. The first-order valence-corrected chi connectivity index (χ1v) is 6.17. The normalized spacial score (nSPS) is 24.7. The van der Waals surface area contributed by atoms with Gasteiger partial charge in [-0.25, -0.2) is 4.98 Å². The summed E-state index contributed by atoms with van der Waals surface area (Å²) < 4.78 is 26.0. The third-order valence-electron chi connectivity index (χ3n) is 3.48. The first kappa shape index (κ1) is 12.5. The van der Waals surface area contributed by atoms with E-state index in [1.807, 2.05) is 0 Å². The van der Waals surface area contributed by atoms with E-state index in [2.05, 4.69) is 17.2 Å². The van der Waals surface area contributed by atoms with Crippen LogP contribution in [-0.2, 0) is 6.54 Å². The predicted octanol–water partition coefficient (Wildman–Crippen LogP) is 2.80. The van der Waals surface area contributed by atoms with Crippen molar-refractivity contribution in [1.29, 1.82) is 0 Å². The van der Waals surface area contributed by atoms with Gasteiger partial charge in [-0.2, -0.15) is 8.78 Å². The Bertz CT molecular complexity index is 351. The zero-order valence-corrected chi connectivity index (χ0v) is 10.1. The summed E-state index contributed by atoms with van der Waals surface area (Å²) >= 11 is 0. The minimum absolute atomic E-state index is 0.408. The number of halogens is 2. The maximum Gasteiger partial charge on any atom is 0.319 e. The molecular formula is C12H19F2N3. The number of aromatic nitrogens is 2. The van der Waals surface area contributed by atoms with Gasteiger partial charge in [0.15, 0.2) is 0 Å². The molecule has 1 aliphatic carbocycles. The van der Waals surface area contributed by atoms with E-state index < -0.39 is 6.55 Å². The molecule has 5 heteroatoms. The molecule has 0 radical (unpaired) electrons. The average molecular weight is 243 g/mol. The van der Waals surface area contributed by atoms with Crippen LogP contribution in [0.25, 0.3) is 0 Å². The molecule has 0 aromatic carbocycles. The number of rotatable bonds is 5. The molecule has 0 amide bonds. The van der Waals surface area contributed by atoms with Crippen LogP contribution in [0.4, 0.5) is 8.78 Å². The molecule has 2 atom stereocenters. The molecule has 1 aromatic heterocycles. The van der Waals surface area contributed by atoms with Gasteiger partial charge in [0.05, 0.1) is 6.54 Å². The average Bonchev–Trinajstić information content (AvgIpc) is 2.87. The molecule has 1 saturated carbocycles. The van der Waals surface area contributed by atoms with Crippen molar-refractivity contribution in [1.82, 2.24) is 14.9 Å². The Morgan fingerprint density at radius 3 is 3.00 bits per heavy atom. The van der Waals surface area contributed by atoms with E-state index in [0.717, 1.165) is 17.0 Å². The monoisotopic (exact) mass is 243 g/mol. The van der Waals surface area contributed by atoms with Gasteiger partial charge in [0.2, 0.25) is 0 Å². The molecule has 1 heterocycles. The first-order chi connectivity index (χ1) is 8.16. The first-order valence-electron chi connectivity index (χ1n) is 6.17. The fourth-order valence-electron chi connectivity index (χ4n) is 2.56. The van der Waals surface area contributed by atoms with E-state index in [1.165, 1.54) is 31.7 Å². The van der Waals surface area contributed by atoms with Gasteiger partial charge in [0.25, 0.3) is 0 Å². The van der Waals surface area contributed by atoms with E-state index >= 15 is 0 Å². The van der Waals surface area contributed by atoms with Crippen LogP contribution >= 0.6 is 0 Å². The Morgan fingerprint density at radius 1 is 1.53 bits per heavy atom. The van der Waals surface area contributed by atoms with Gasteiger partial charge in [0.1, 0.15) is 5.82 Å². The topological polar surface area (TPSA) is 29.9 Å². The third kappa shape index (κ3) is 3.25. The lowest BCUT2D eigenvalue weighted by Crippen LogP contribution is -2.23. The molecule has 96 valence electrons. The van der Waals surface area contributed by atoms with Crippen LogP contribution in [0.3, 0.4) is 0 Å². The Labute approximate surface area is 100 Å². The van der Waals surface area contributed by atoms with Gasteiger partial charge in [-0.05, 0) is 31.2 Å². The molecule has 2 rings (SSSR count). The fourth-order valence-corrected chi connectivity index (χ4v) is 2.56. The maximum absolute atomic E-state index is 12.5. The van der Waals surface area contributed by atoms with Gasteiger partial charge in [0, 0.05) is 12.4 Å². The van der Waals surface area contributed by atoms with Crippen LogP contribution in [-0.4, -0.2) is 16.1 Å². The lowest BCUT2D eigenvalue weighted by molar-refractivity contribution is 0.0666. The zero-order chi connectivity index (χ0) is 12.3. The highest BCUT2D eigenvalue weighted by Crippen LogP contribution is 2.29. The van der Waals surface area contributed by atoms with Crippen LogP contribution in [0.5, 0.6) is 0 Å². The minimum Gasteiger partial charge on any atom is -0.310 e. The minimum atomic E-state index is -2.50. The Kier molecular flexibility index (Phi) is 4.10. The molecule has 0 bridgehead atoms. The van der Waals surface area contributed by atoms with E-state index in [0.29, 0.717) is 18.3 Å². The number of hydrogen-bond donors (Lipinski definition) is 1. The molecular weight excluding hydrogens is 224 g/mol. The van der Waals surface area contributed by atoms with Crippen molar-refractivity contribution in [3.8, 4) is 0 Å². The van der Waals surface area contributed by atoms with Crippen molar-refractivity contribution in [3.05, 3.63) is 18.2 Å². The molecule has 1 fully saturated rings. The van der Waals surface area contributed by atoms with E-state index in [4.69, 9.17) is 0 Å². The van der Waals surface area contributed by atoms with Crippen molar-refractivity contribution in [2.45, 2.75) is 39.3 Å². The van der Waals surface area contributed by atoms with Crippen molar-refractivity contribution < 1.29 is 8.78 Å². The molecule has 0 spiro atoms. The second-order valence-electron chi connectivity index (χ2n) is 4.94. The van der Waals surface area contributed by atoms with E-state index in [9.17, 15) is 8.78 Å². The summed E-state index contributed by atoms with van der Waals surface area (Å²) in [5.41, 5.74) is 0. The van der Waals surface area contributed by atoms with Crippen LogP contribution in [0.15, 0.2) is 12.4 Å². The van der Waals surface area contributed by atoms with Crippen molar-refractivity contribution in [2.24, 2.45) is 11.8 Å². The highest BCUT2D eigenvalue weighted by molar-refractivity contribution is 4.92. The van der Waals surface area contributed by atoms with Crippen LogP contribution in [0, 0.1) is 11.8 Å². The lowest BCUT2D eigenvalue weighted by atomic mass is 10.1. The summed E-state index contributed by atoms with van der Waals surface area (Å²) in [5.74, 6) is 1.91. The highest BCUT2D eigenvalue weighted by atomic mass is 19.3. The zero-order valence-electron chi connectivity index (χ0n) is 10.1. The van der Waals surface area contributed by atoms with Gasteiger partial charge in [-0.15, -0.1) is 0 Å². The Morgan fingerprint density at radius 2 is 2.35 bits per heavy atom. The van der Waals surface area contributed by atoms with E-state index in [1.54, 1.807) is 0 Å². The number of hydrogen-bond acceptors (Lipinski definition) is 2. The maximum atomic E-state index is 12.5. The van der Waals surface area contributed by atoms with Crippen molar-refractivity contribution in [2.75, 3.05) is 6.54 Å². The van der Waals surface area contributed by atoms with Crippen LogP contribution < -0.4 is 5.32 Å². The largest absolute Gasteiger partial charge is 0.319 e. The van der Waals surface area contributed by atoms with Crippen molar-refractivity contribution >= 4 is 0 Å². The smallest absolute Gasteiger partial charge is 0.310 e. The molecule has 1 aliphatic rings. The highest BCUT2D eigenvalue weighted by Gasteiger charge is 2.21. The van der Waals surface area contributed by atoms with E-state index in [-0.39, 0.29) is 0 Å². The summed E-state index contributed by atoms with van der Waals surface area (Å²) in [6.07, 6.45) is 6.52. The molecule has 0 aliphatic heterocycles. The van der Waals surface area contributed by atoms with Crippen LogP contribution in [0.1, 0.15) is 38.6 Å². The summed E-state index contributed by atoms with van der Waals surface area (Å²) in [4.78, 5) is 3.94. The second kappa shape index (κ2) is 5.58. The quantitative estimate of drug-likeness (QED) is 0.861. The standard InChI is InChI=1S/C12H19F2N3/c1-9-2-3-10(6-9)7-15-8-11-16-4-5-17(11)12(13)14/h4-5,9-10,12,15H,2-3,6-8H2,1H3. The number of nitrogens with zero attached hydrogens (tertiary/aromatic N) is 2. The Hall–Kier alpha value is -0.970. The lowest BCUT2D eigenvalue weighted by Gasteiger charge is -2.11. The molecule has 2 unspecified atom stereocenters. The van der Waals surface area contributed by atoms with Gasteiger partial charge in [-0.1, -0.05) is 13.3 Å². The van der Waals surface area contributed by atoms with Crippen molar-refractivity contribution in [3.63, 3.8) is 0 Å². The number of imidazole rings is 1. The van der Waals surface area contributed by atoms with Gasteiger partial charge in [-0.3, -0.25) is 4.57 Å². The summed E-state index contributed by atoms with van der Waals surface area (Å²) in [6.45, 7) is 1.09. The molecule has 1 aromatic rings. The summed E-state index contributed by atoms with van der Waals surface area (Å²) in [6, 6.07) is 0. The summed E-state index contributed by atoms with van der Waals surface area (Å²) in [7, 11) is 0. The number of alkyl halides is 2. The predicted molar refractivity (Wildman–Crippen MR) is 61.7 cm³/mol. The molecule has 1 N–H and O–H groups in total.